The van der Waals surface area contributed by atoms with E-state index < -0.39 is 0 Å². The van der Waals surface area contributed by atoms with Crippen LogP contribution in [0, 0.1) is 0 Å². The number of rotatable bonds is 7. The van der Waals surface area contributed by atoms with E-state index in [-0.39, 0.29) is 5.91 Å². The molecule has 1 amide bonds. The van der Waals surface area contributed by atoms with Gasteiger partial charge < -0.3 is 10.1 Å². The maximum atomic E-state index is 12.6. The second-order valence-corrected chi connectivity index (χ2v) is 8.02. The minimum absolute atomic E-state index is 0.0149. The number of morpholine rings is 1. The molecule has 2 aliphatic heterocycles. The molecule has 0 aromatic heterocycles. The molecule has 1 N–H and O–H groups in total. The third-order valence-corrected chi connectivity index (χ3v) is 5.88. The van der Waals surface area contributed by atoms with Gasteiger partial charge in [-0.3, -0.25) is 14.6 Å². The van der Waals surface area contributed by atoms with E-state index in [4.69, 9.17) is 4.74 Å². The zero-order valence-electron chi connectivity index (χ0n) is 17.1. The van der Waals surface area contributed by atoms with E-state index in [1.54, 1.807) is 0 Å². The van der Waals surface area contributed by atoms with Crippen molar-refractivity contribution in [1.29, 1.82) is 0 Å². The molecule has 2 heterocycles. The fourth-order valence-corrected chi connectivity index (χ4v) is 4.12. The first-order valence-corrected chi connectivity index (χ1v) is 10.7. The Kier molecular flexibility index (Phi) is 6.93. The molecule has 2 aromatic rings. The van der Waals surface area contributed by atoms with E-state index in [1.807, 2.05) is 12.1 Å². The third-order valence-electron chi connectivity index (χ3n) is 5.88. The lowest BCUT2D eigenvalue weighted by Gasteiger charge is -2.26. The highest BCUT2D eigenvalue weighted by Crippen LogP contribution is 2.16. The largest absolute Gasteiger partial charge is 0.379 e. The third kappa shape index (κ3) is 5.66. The molecule has 29 heavy (non-hydrogen) atoms. The number of ether oxygens (including phenoxy) is 1. The molecule has 0 radical (unpaired) electrons. The molecule has 2 aromatic carbocycles. The Morgan fingerprint density at radius 2 is 1.48 bits per heavy atom. The van der Waals surface area contributed by atoms with Crippen molar-refractivity contribution in [3.63, 3.8) is 0 Å². The second kappa shape index (κ2) is 10.0. The smallest absolute Gasteiger partial charge is 0.251 e. The summed E-state index contributed by atoms with van der Waals surface area (Å²) in [5.74, 6) is -0.0149. The fraction of sp³-hybridized carbons (Fsp3) is 0.458. The molecule has 5 heteroatoms. The minimum Gasteiger partial charge on any atom is -0.379 e. The molecule has 5 nitrogen and oxygen atoms in total. The maximum absolute atomic E-state index is 12.6. The van der Waals surface area contributed by atoms with Crippen molar-refractivity contribution in [3.05, 3.63) is 70.8 Å². The summed E-state index contributed by atoms with van der Waals surface area (Å²) in [5, 5.41) is 3.10. The maximum Gasteiger partial charge on any atom is 0.251 e. The summed E-state index contributed by atoms with van der Waals surface area (Å²) in [7, 11) is 0. The van der Waals surface area contributed by atoms with Gasteiger partial charge in [-0.1, -0.05) is 36.4 Å². The van der Waals surface area contributed by atoms with Gasteiger partial charge in [-0.05, 0) is 54.8 Å². The van der Waals surface area contributed by atoms with Crippen molar-refractivity contribution in [3.8, 4) is 0 Å². The van der Waals surface area contributed by atoms with Gasteiger partial charge in [0.25, 0.3) is 5.91 Å². The predicted molar refractivity (Wildman–Crippen MR) is 115 cm³/mol. The number of hydrogen-bond acceptors (Lipinski definition) is 4. The standard InChI is InChI=1S/C24H31N3O2/c28-24(21-9-7-20(8-10-21)18-27-13-15-29-16-14-27)25-17-22-5-1-2-6-23(22)19-26-11-3-4-12-26/h1-2,5-10H,3-4,11-19H2,(H,25,28). The molecule has 2 aliphatic rings. The van der Waals surface area contributed by atoms with Crippen LogP contribution in [0.5, 0.6) is 0 Å². The van der Waals surface area contributed by atoms with E-state index in [0.29, 0.717) is 12.1 Å². The topological polar surface area (TPSA) is 44.8 Å². The Hall–Kier alpha value is -2.21. The van der Waals surface area contributed by atoms with Crippen LogP contribution < -0.4 is 5.32 Å². The first kappa shape index (κ1) is 20.1. The average Bonchev–Trinajstić information content (AvgIpc) is 3.27. The Bertz CT molecular complexity index is 794. The van der Waals surface area contributed by atoms with E-state index in [0.717, 1.165) is 39.4 Å². The summed E-state index contributed by atoms with van der Waals surface area (Å²) in [4.78, 5) is 17.5. The van der Waals surface area contributed by atoms with Crippen molar-refractivity contribution in [2.75, 3.05) is 39.4 Å². The molecule has 0 spiro atoms. The van der Waals surface area contributed by atoms with Crippen LogP contribution in [0.15, 0.2) is 48.5 Å². The minimum atomic E-state index is -0.0149. The first-order chi connectivity index (χ1) is 14.3. The summed E-state index contributed by atoms with van der Waals surface area (Å²) in [5.41, 5.74) is 4.47. The van der Waals surface area contributed by atoms with Crippen LogP contribution >= 0.6 is 0 Å². The van der Waals surface area contributed by atoms with E-state index in [9.17, 15) is 4.79 Å². The zero-order chi connectivity index (χ0) is 19.9. The second-order valence-electron chi connectivity index (χ2n) is 8.02. The van der Waals surface area contributed by atoms with Crippen molar-refractivity contribution in [2.24, 2.45) is 0 Å². The highest BCUT2D eigenvalue weighted by molar-refractivity contribution is 5.94. The number of nitrogens with one attached hydrogen (secondary N) is 1. The highest BCUT2D eigenvalue weighted by atomic mass is 16.5. The van der Waals surface area contributed by atoms with Gasteiger partial charge in [0.05, 0.1) is 13.2 Å². The van der Waals surface area contributed by atoms with Gasteiger partial charge in [0.2, 0.25) is 0 Å². The normalized spacial score (nSPS) is 18.1. The van der Waals surface area contributed by atoms with Crippen molar-refractivity contribution >= 4 is 5.91 Å². The summed E-state index contributed by atoms with van der Waals surface area (Å²) in [6.07, 6.45) is 2.58. The van der Waals surface area contributed by atoms with Gasteiger partial charge in [-0.15, -0.1) is 0 Å². The van der Waals surface area contributed by atoms with Crippen molar-refractivity contribution in [2.45, 2.75) is 32.5 Å². The molecular weight excluding hydrogens is 362 g/mol. The quantitative estimate of drug-likeness (QED) is 0.785. The zero-order valence-corrected chi connectivity index (χ0v) is 17.1. The monoisotopic (exact) mass is 393 g/mol. The van der Waals surface area contributed by atoms with Gasteiger partial charge in [0, 0.05) is 38.3 Å². The van der Waals surface area contributed by atoms with Crippen LogP contribution in [0.2, 0.25) is 0 Å². The van der Waals surface area contributed by atoms with Gasteiger partial charge in [-0.25, -0.2) is 0 Å². The lowest BCUT2D eigenvalue weighted by molar-refractivity contribution is 0.0342. The fourth-order valence-electron chi connectivity index (χ4n) is 4.12. The van der Waals surface area contributed by atoms with E-state index in [1.165, 1.54) is 42.6 Å². The molecule has 0 atom stereocenters. The molecule has 0 unspecified atom stereocenters. The Morgan fingerprint density at radius 1 is 0.828 bits per heavy atom. The molecule has 0 saturated carbocycles. The highest BCUT2D eigenvalue weighted by Gasteiger charge is 2.14. The Balaban J connectivity index is 1.31. The molecule has 2 fully saturated rings. The number of amides is 1. The van der Waals surface area contributed by atoms with Crippen LogP contribution in [-0.2, 0) is 24.4 Å². The lowest BCUT2D eigenvalue weighted by Crippen LogP contribution is -2.35. The molecular formula is C24H31N3O2. The van der Waals surface area contributed by atoms with Gasteiger partial charge in [0.1, 0.15) is 0 Å². The van der Waals surface area contributed by atoms with Crippen LogP contribution in [0.1, 0.15) is 39.9 Å². The summed E-state index contributed by atoms with van der Waals surface area (Å²) < 4.78 is 5.40. The van der Waals surface area contributed by atoms with E-state index >= 15 is 0 Å². The lowest BCUT2D eigenvalue weighted by atomic mass is 10.1. The van der Waals surface area contributed by atoms with Crippen molar-refractivity contribution < 1.29 is 9.53 Å². The SMILES string of the molecule is O=C(NCc1ccccc1CN1CCCC1)c1ccc(CN2CCOCC2)cc1. The number of likely N-dealkylation sites (tertiary alicyclic amines) is 1. The van der Waals surface area contributed by atoms with Crippen LogP contribution in [0.25, 0.3) is 0 Å². The molecule has 2 saturated heterocycles. The van der Waals surface area contributed by atoms with Gasteiger partial charge >= 0.3 is 0 Å². The summed E-state index contributed by atoms with van der Waals surface area (Å²) in [6.45, 7) is 8.36. The summed E-state index contributed by atoms with van der Waals surface area (Å²) >= 11 is 0. The molecule has 0 aliphatic carbocycles. The number of carbonyl (C=O) groups is 1. The Labute approximate surface area is 173 Å². The van der Waals surface area contributed by atoms with Gasteiger partial charge in [-0.2, -0.15) is 0 Å². The number of benzene rings is 2. The summed E-state index contributed by atoms with van der Waals surface area (Å²) in [6, 6.07) is 16.4. The van der Waals surface area contributed by atoms with Gasteiger partial charge in [0.15, 0.2) is 0 Å². The first-order valence-electron chi connectivity index (χ1n) is 10.7. The predicted octanol–water partition coefficient (Wildman–Crippen LogP) is 3.04. The van der Waals surface area contributed by atoms with Crippen LogP contribution in [-0.4, -0.2) is 55.1 Å². The molecule has 0 bridgehead atoms. The molecule has 154 valence electrons. The van der Waals surface area contributed by atoms with Crippen molar-refractivity contribution in [1.82, 2.24) is 15.1 Å². The van der Waals surface area contributed by atoms with Crippen LogP contribution in [0.3, 0.4) is 0 Å². The van der Waals surface area contributed by atoms with Crippen LogP contribution in [0.4, 0.5) is 0 Å². The number of carbonyl (C=O) groups excluding carboxylic acids is 1. The number of nitrogens with zero attached hydrogens (tertiary/aromatic N) is 2. The average molecular weight is 394 g/mol. The molecule has 4 rings (SSSR count). The van der Waals surface area contributed by atoms with E-state index in [2.05, 4.69) is 51.5 Å². The Morgan fingerprint density at radius 3 is 2.21 bits per heavy atom. The number of hydrogen-bond donors (Lipinski definition) is 1.